The number of halogens is 1. The van der Waals surface area contributed by atoms with E-state index >= 15 is 0 Å². The molecule has 0 unspecified atom stereocenters. The fourth-order valence-electron chi connectivity index (χ4n) is 2.58. The van der Waals surface area contributed by atoms with Crippen LogP contribution in [-0.2, 0) is 5.41 Å². The summed E-state index contributed by atoms with van der Waals surface area (Å²) in [7, 11) is 1.65. The molecule has 7 nitrogen and oxygen atoms in total. The van der Waals surface area contributed by atoms with Crippen molar-refractivity contribution in [3.8, 4) is 0 Å². The van der Waals surface area contributed by atoms with Gasteiger partial charge in [0.25, 0.3) is 5.24 Å². The van der Waals surface area contributed by atoms with Crippen molar-refractivity contribution >= 4 is 45.6 Å². The molecule has 2 heterocycles. The second kappa shape index (κ2) is 7.01. The van der Waals surface area contributed by atoms with Gasteiger partial charge in [-0.25, -0.2) is 9.29 Å². The number of carbonyl (C=O) groups excluding carboxylic acids is 1. The van der Waals surface area contributed by atoms with Gasteiger partial charge >= 0.3 is 0 Å². The lowest BCUT2D eigenvalue weighted by molar-refractivity contribution is -0.864. The first-order valence-corrected chi connectivity index (χ1v) is 9.59. The number of amides is 1. The fourth-order valence-corrected chi connectivity index (χ4v) is 3.52. The van der Waals surface area contributed by atoms with Gasteiger partial charge in [0.1, 0.15) is 5.52 Å². The molecular formula is C17H23ClN4O3S. The van der Waals surface area contributed by atoms with Crippen molar-refractivity contribution in [2.24, 2.45) is 0 Å². The smallest absolute Gasteiger partial charge is 0.298 e. The largest absolute Gasteiger partial charge is 0.633 e. The summed E-state index contributed by atoms with van der Waals surface area (Å²) in [5.74, 6) is 0.619. The first kappa shape index (κ1) is 19.4. The number of aromatic nitrogens is 1. The third kappa shape index (κ3) is 4.50. The Labute approximate surface area is 162 Å². The lowest BCUT2D eigenvalue weighted by Gasteiger charge is -2.44. The predicted octanol–water partition coefficient (Wildman–Crippen LogP) is 4.22. The average molecular weight is 399 g/mol. The highest BCUT2D eigenvalue weighted by atomic mass is 35.5. The number of piperazine rings is 1. The summed E-state index contributed by atoms with van der Waals surface area (Å²) in [6, 6.07) is 3.39. The number of rotatable bonds is 2. The van der Waals surface area contributed by atoms with Crippen molar-refractivity contribution in [1.29, 1.82) is 0 Å². The second-order valence-corrected chi connectivity index (χ2v) is 9.22. The summed E-state index contributed by atoms with van der Waals surface area (Å²) in [6.07, 6.45) is 0. The Balaban J connectivity index is 1.70. The van der Waals surface area contributed by atoms with Crippen LogP contribution in [0, 0.1) is 5.21 Å². The van der Waals surface area contributed by atoms with Crippen LogP contribution >= 0.6 is 23.5 Å². The van der Waals surface area contributed by atoms with E-state index in [0.29, 0.717) is 53.9 Å². The molecule has 0 bridgehead atoms. The average Bonchev–Trinajstić information content (AvgIpc) is 2.93. The van der Waals surface area contributed by atoms with Gasteiger partial charge in [-0.15, -0.1) is 0 Å². The molecule has 1 aromatic heterocycles. The van der Waals surface area contributed by atoms with Crippen LogP contribution in [0.15, 0.2) is 16.5 Å². The van der Waals surface area contributed by atoms with Crippen LogP contribution in [0.1, 0.15) is 26.7 Å². The lowest BCUT2D eigenvalue weighted by Crippen LogP contribution is -2.52. The maximum Gasteiger partial charge on any atom is 0.298 e. The van der Waals surface area contributed by atoms with Gasteiger partial charge in [0, 0.05) is 23.4 Å². The third-order valence-electron chi connectivity index (χ3n) is 4.21. The van der Waals surface area contributed by atoms with E-state index in [2.05, 4.69) is 10.3 Å². The topological polar surface area (TPSA) is 81.4 Å². The van der Waals surface area contributed by atoms with E-state index in [1.165, 1.54) is 0 Å². The first-order chi connectivity index (χ1) is 12.0. The molecule has 0 saturated carbocycles. The molecule has 0 atom stereocenters. The number of fused-ring (bicyclic) bond motifs is 1. The van der Waals surface area contributed by atoms with Gasteiger partial charge in [-0.05, 0) is 6.07 Å². The molecule has 1 amide bonds. The second-order valence-electron chi connectivity index (χ2n) is 7.75. The van der Waals surface area contributed by atoms with E-state index < -0.39 is 0 Å². The summed E-state index contributed by atoms with van der Waals surface area (Å²) >= 11 is 7.36. The number of carbonyl (C=O) groups is 1. The maximum absolute atomic E-state index is 12.3. The van der Waals surface area contributed by atoms with Crippen LogP contribution in [0.5, 0.6) is 0 Å². The number of likely N-dealkylation sites (N-methyl/N-ethyl adjacent to an activating group) is 1. The molecule has 0 aliphatic carbocycles. The monoisotopic (exact) mass is 398 g/mol. The molecule has 1 N–H and O–H groups in total. The number of anilines is 1. The molecule has 142 valence electrons. The van der Waals surface area contributed by atoms with E-state index in [-0.39, 0.29) is 15.3 Å². The van der Waals surface area contributed by atoms with Gasteiger partial charge in [0.05, 0.1) is 43.9 Å². The Morgan fingerprint density at radius 2 is 2.04 bits per heavy atom. The van der Waals surface area contributed by atoms with Crippen LogP contribution in [0.25, 0.3) is 11.1 Å². The number of nitrogens with one attached hydrogen (secondary N) is 1. The zero-order valence-electron chi connectivity index (χ0n) is 15.3. The van der Waals surface area contributed by atoms with Crippen LogP contribution in [-0.4, -0.2) is 52.4 Å². The predicted molar refractivity (Wildman–Crippen MR) is 105 cm³/mol. The van der Waals surface area contributed by atoms with Crippen molar-refractivity contribution < 1.29 is 13.9 Å². The maximum atomic E-state index is 12.3. The number of benzene rings is 1. The molecule has 26 heavy (non-hydrogen) atoms. The summed E-state index contributed by atoms with van der Waals surface area (Å²) < 4.78 is 7.44. The standard InChI is InChI=1S/C17H23ClN4O3S/c1-17(2,3)15-19-13-9-11(18)12(10-14(13)25-15)20-16(23)26-21-5-7-22(4,24)8-6-21/h9-10H,5-8H2,1-4H3,(H,20,23). The number of hydrogen-bond acceptors (Lipinski definition) is 6. The zero-order valence-corrected chi connectivity index (χ0v) is 16.9. The zero-order chi connectivity index (χ0) is 19.1. The normalized spacial score (nSPS) is 18.2. The summed E-state index contributed by atoms with van der Waals surface area (Å²) in [5.41, 5.74) is 1.51. The highest BCUT2D eigenvalue weighted by Gasteiger charge is 2.25. The molecule has 1 aliphatic heterocycles. The highest BCUT2D eigenvalue weighted by Crippen LogP contribution is 2.32. The highest BCUT2D eigenvalue weighted by molar-refractivity contribution is 8.11. The van der Waals surface area contributed by atoms with Gasteiger partial charge in [0.15, 0.2) is 5.58 Å². The number of hydroxylamine groups is 3. The molecule has 1 saturated heterocycles. The molecular weight excluding hydrogens is 376 g/mol. The van der Waals surface area contributed by atoms with Crippen LogP contribution < -0.4 is 5.32 Å². The minimum Gasteiger partial charge on any atom is -0.633 e. The molecule has 2 aromatic rings. The Hall–Kier alpha value is -1.32. The van der Waals surface area contributed by atoms with E-state index in [1.807, 2.05) is 25.1 Å². The van der Waals surface area contributed by atoms with Gasteiger partial charge in [-0.1, -0.05) is 32.4 Å². The van der Waals surface area contributed by atoms with E-state index in [1.54, 1.807) is 19.2 Å². The van der Waals surface area contributed by atoms with Crippen LogP contribution in [0.4, 0.5) is 10.5 Å². The van der Waals surface area contributed by atoms with Gasteiger partial charge < -0.3 is 19.6 Å². The van der Waals surface area contributed by atoms with Crippen LogP contribution in [0.2, 0.25) is 5.02 Å². The summed E-state index contributed by atoms with van der Waals surface area (Å²) in [6.45, 7) is 8.14. The van der Waals surface area contributed by atoms with E-state index in [0.717, 1.165) is 11.9 Å². The third-order valence-corrected chi connectivity index (χ3v) is 5.42. The minimum atomic E-state index is -0.261. The van der Waals surface area contributed by atoms with E-state index in [9.17, 15) is 10.0 Å². The van der Waals surface area contributed by atoms with Crippen molar-refractivity contribution in [3.05, 3.63) is 28.3 Å². The van der Waals surface area contributed by atoms with Crippen molar-refractivity contribution in [2.75, 3.05) is 38.5 Å². The van der Waals surface area contributed by atoms with Gasteiger partial charge in [0.2, 0.25) is 5.89 Å². The number of nitrogens with zero attached hydrogens (tertiary/aromatic N) is 3. The van der Waals surface area contributed by atoms with Gasteiger partial charge in [-0.2, -0.15) is 0 Å². The van der Waals surface area contributed by atoms with Crippen molar-refractivity contribution in [2.45, 2.75) is 26.2 Å². The van der Waals surface area contributed by atoms with Crippen LogP contribution in [0.3, 0.4) is 0 Å². The first-order valence-electron chi connectivity index (χ1n) is 8.43. The Morgan fingerprint density at radius 3 is 2.65 bits per heavy atom. The molecule has 1 aromatic carbocycles. The quantitative estimate of drug-likeness (QED) is 0.463. The molecule has 9 heteroatoms. The Morgan fingerprint density at radius 1 is 1.38 bits per heavy atom. The molecule has 1 fully saturated rings. The number of hydrogen-bond donors (Lipinski definition) is 1. The minimum absolute atomic E-state index is 0.215. The van der Waals surface area contributed by atoms with Crippen molar-refractivity contribution in [1.82, 2.24) is 9.29 Å². The number of oxazole rings is 1. The Bertz CT molecular complexity index is 821. The lowest BCUT2D eigenvalue weighted by atomic mass is 9.97. The molecule has 0 radical (unpaired) electrons. The summed E-state index contributed by atoms with van der Waals surface area (Å²) in [4.78, 5) is 16.8. The fraction of sp³-hybridized carbons (Fsp3) is 0.529. The molecule has 0 spiro atoms. The summed E-state index contributed by atoms with van der Waals surface area (Å²) in [5, 5.41) is 14.8. The van der Waals surface area contributed by atoms with Crippen molar-refractivity contribution in [3.63, 3.8) is 0 Å². The SMILES string of the molecule is CC(C)(C)c1nc2cc(Cl)c(NC(=O)SN3CC[N+](C)([O-])CC3)cc2o1. The molecule has 3 rings (SSSR count). The van der Waals surface area contributed by atoms with E-state index in [4.69, 9.17) is 16.0 Å². The molecule has 1 aliphatic rings. The Kier molecular flexibility index (Phi) is 5.24. The van der Waals surface area contributed by atoms with Gasteiger partial charge in [-0.3, -0.25) is 4.79 Å². The number of quaternary nitrogens is 1.